The fourth-order valence-electron chi connectivity index (χ4n) is 1.04. The van der Waals surface area contributed by atoms with Crippen LogP contribution in [0.15, 0.2) is 5.16 Å². The van der Waals surface area contributed by atoms with Crippen molar-refractivity contribution in [3.8, 4) is 0 Å². The molecule has 1 heterocycles. The molecule has 0 amide bonds. The number of aromatic nitrogens is 2. The zero-order valence-electron chi connectivity index (χ0n) is 9.32. The molecule has 0 saturated heterocycles. The minimum Gasteiger partial charge on any atom is -0.395 e. The van der Waals surface area contributed by atoms with E-state index in [2.05, 4.69) is 9.97 Å². The molecule has 0 aliphatic rings. The summed E-state index contributed by atoms with van der Waals surface area (Å²) in [6.45, 7) is 5.95. The molecular formula is C10H17N3OS. The van der Waals surface area contributed by atoms with Crippen molar-refractivity contribution in [2.24, 2.45) is 5.73 Å². The van der Waals surface area contributed by atoms with Crippen LogP contribution in [0.4, 0.5) is 0 Å². The van der Waals surface area contributed by atoms with Crippen molar-refractivity contribution in [2.45, 2.75) is 32.0 Å². The molecule has 0 aromatic carbocycles. The van der Waals surface area contributed by atoms with Crippen LogP contribution < -0.4 is 5.73 Å². The van der Waals surface area contributed by atoms with Crippen LogP contribution >= 0.6 is 11.8 Å². The maximum atomic E-state index is 8.79. The van der Waals surface area contributed by atoms with Gasteiger partial charge in [-0.05, 0) is 26.3 Å². The predicted molar refractivity (Wildman–Crippen MR) is 62.0 cm³/mol. The van der Waals surface area contributed by atoms with Crippen molar-refractivity contribution < 1.29 is 5.11 Å². The Morgan fingerprint density at radius 2 is 1.80 bits per heavy atom. The minimum atomic E-state index is -0.208. The summed E-state index contributed by atoms with van der Waals surface area (Å²) in [5.74, 6) is 0.637. The smallest absolute Gasteiger partial charge is 0.188 e. The van der Waals surface area contributed by atoms with Gasteiger partial charge in [-0.25, -0.2) is 9.97 Å². The summed E-state index contributed by atoms with van der Waals surface area (Å²) in [6.07, 6.45) is 0. The number of hydrogen-bond donors (Lipinski definition) is 2. The highest BCUT2D eigenvalue weighted by molar-refractivity contribution is 7.99. The van der Waals surface area contributed by atoms with E-state index in [-0.39, 0.29) is 12.6 Å². The van der Waals surface area contributed by atoms with Crippen LogP contribution in [-0.2, 0) is 0 Å². The maximum Gasteiger partial charge on any atom is 0.188 e. The number of hydrogen-bond acceptors (Lipinski definition) is 5. The number of nitrogens with two attached hydrogens (primary N) is 1. The molecule has 1 aromatic heterocycles. The molecule has 1 rings (SSSR count). The molecule has 15 heavy (non-hydrogen) atoms. The van der Waals surface area contributed by atoms with Crippen LogP contribution in [-0.4, -0.2) is 33.5 Å². The molecule has 0 bridgehead atoms. The topological polar surface area (TPSA) is 72.0 Å². The molecule has 5 heteroatoms. The van der Waals surface area contributed by atoms with Gasteiger partial charge in [0, 0.05) is 23.2 Å². The van der Waals surface area contributed by atoms with Crippen LogP contribution in [0.1, 0.15) is 17.0 Å². The van der Waals surface area contributed by atoms with Crippen LogP contribution in [0.5, 0.6) is 0 Å². The van der Waals surface area contributed by atoms with E-state index < -0.39 is 0 Å². The van der Waals surface area contributed by atoms with Gasteiger partial charge in [-0.2, -0.15) is 0 Å². The van der Waals surface area contributed by atoms with Crippen molar-refractivity contribution in [3.05, 3.63) is 17.0 Å². The molecule has 0 aliphatic carbocycles. The largest absolute Gasteiger partial charge is 0.395 e. The molecule has 4 nitrogen and oxygen atoms in total. The number of aliphatic hydroxyl groups excluding tert-OH is 1. The second kappa shape index (κ2) is 5.44. The zero-order chi connectivity index (χ0) is 11.4. The first kappa shape index (κ1) is 12.4. The number of aryl methyl sites for hydroxylation is 2. The minimum absolute atomic E-state index is 0.00315. The highest BCUT2D eigenvalue weighted by atomic mass is 32.2. The Bertz CT molecular complexity index is 320. The normalized spacial score (nSPS) is 12.9. The standard InChI is InChI=1S/C10H17N3OS/c1-6-7(2)12-10(13-8(6)3)15-5-9(11)4-14/h9,14H,4-5,11H2,1-3H3. The van der Waals surface area contributed by atoms with Crippen LogP contribution in [0, 0.1) is 20.8 Å². The lowest BCUT2D eigenvalue weighted by Gasteiger charge is -2.09. The summed E-state index contributed by atoms with van der Waals surface area (Å²) in [4.78, 5) is 8.71. The first-order valence-electron chi connectivity index (χ1n) is 4.85. The Hall–Kier alpha value is -0.650. The highest BCUT2D eigenvalue weighted by Crippen LogP contribution is 2.17. The Balaban J connectivity index is 2.70. The molecule has 0 radical (unpaired) electrons. The van der Waals surface area contributed by atoms with Gasteiger partial charge in [-0.1, -0.05) is 11.8 Å². The zero-order valence-corrected chi connectivity index (χ0v) is 10.1. The Morgan fingerprint density at radius 1 is 1.27 bits per heavy atom. The van der Waals surface area contributed by atoms with Gasteiger partial charge in [0.2, 0.25) is 0 Å². The molecule has 84 valence electrons. The van der Waals surface area contributed by atoms with E-state index in [0.29, 0.717) is 5.75 Å². The summed E-state index contributed by atoms with van der Waals surface area (Å²) in [5.41, 5.74) is 8.74. The molecule has 1 aromatic rings. The lowest BCUT2D eigenvalue weighted by atomic mass is 10.2. The van der Waals surface area contributed by atoms with Gasteiger partial charge < -0.3 is 10.8 Å². The number of rotatable bonds is 4. The Kier molecular flexibility index (Phi) is 4.50. The average molecular weight is 227 g/mol. The molecule has 0 fully saturated rings. The molecule has 3 N–H and O–H groups in total. The lowest BCUT2D eigenvalue weighted by Crippen LogP contribution is -2.27. The van der Waals surface area contributed by atoms with Crippen LogP contribution in [0.3, 0.4) is 0 Å². The first-order chi connectivity index (χ1) is 7.04. The Morgan fingerprint density at radius 3 is 2.27 bits per heavy atom. The van der Waals surface area contributed by atoms with Gasteiger partial charge in [0.25, 0.3) is 0 Å². The van der Waals surface area contributed by atoms with Gasteiger partial charge in [-0.3, -0.25) is 0 Å². The fraction of sp³-hybridized carbons (Fsp3) is 0.600. The summed E-state index contributed by atoms with van der Waals surface area (Å²) in [5, 5.41) is 9.52. The van der Waals surface area contributed by atoms with Crippen molar-refractivity contribution >= 4 is 11.8 Å². The third-order valence-electron chi connectivity index (χ3n) is 2.27. The van der Waals surface area contributed by atoms with E-state index in [4.69, 9.17) is 10.8 Å². The van der Waals surface area contributed by atoms with Gasteiger partial charge in [0.1, 0.15) is 0 Å². The molecule has 1 atom stereocenters. The summed E-state index contributed by atoms with van der Waals surface area (Å²) in [6, 6.07) is -0.208. The predicted octanol–water partition coefficient (Wildman–Crippen LogP) is 0.814. The third kappa shape index (κ3) is 3.44. The van der Waals surface area contributed by atoms with Crippen LogP contribution in [0.2, 0.25) is 0 Å². The van der Waals surface area contributed by atoms with Gasteiger partial charge in [0.15, 0.2) is 5.16 Å². The average Bonchev–Trinajstić information content (AvgIpc) is 2.22. The number of aliphatic hydroxyl groups is 1. The summed E-state index contributed by atoms with van der Waals surface area (Å²) < 4.78 is 0. The molecule has 0 spiro atoms. The van der Waals surface area contributed by atoms with E-state index in [1.165, 1.54) is 11.8 Å². The van der Waals surface area contributed by atoms with Crippen LogP contribution in [0.25, 0.3) is 0 Å². The van der Waals surface area contributed by atoms with E-state index in [9.17, 15) is 0 Å². The van der Waals surface area contributed by atoms with E-state index >= 15 is 0 Å². The van der Waals surface area contributed by atoms with E-state index in [1.54, 1.807) is 0 Å². The van der Waals surface area contributed by atoms with E-state index in [0.717, 1.165) is 22.1 Å². The highest BCUT2D eigenvalue weighted by Gasteiger charge is 2.07. The van der Waals surface area contributed by atoms with Gasteiger partial charge >= 0.3 is 0 Å². The SMILES string of the molecule is Cc1nc(SCC(N)CO)nc(C)c1C. The van der Waals surface area contributed by atoms with Crippen molar-refractivity contribution in [1.82, 2.24) is 9.97 Å². The van der Waals surface area contributed by atoms with Gasteiger partial charge in [0.05, 0.1) is 6.61 Å². The molecule has 0 aliphatic heterocycles. The molecular weight excluding hydrogens is 210 g/mol. The lowest BCUT2D eigenvalue weighted by molar-refractivity contribution is 0.275. The second-order valence-corrected chi connectivity index (χ2v) is 4.54. The maximum absolute atomic E-state index is 8.79. The number of nitrogens with zero attached hydrogens (tertiary/aromatic N) is 2. The third-order valence-corrected chi connectivity index (χ3v) is 3.31. The monoisotopic (exact) mass is 227 g/mol. The van der Waals surface area contributed by atoms with Crippen molar-refractivity contribution in [3.63, 3.8) is 0 Å². The van der Waals surface area contributed by atoms with Crippen molar-refractivity contribution in [2.75, 3.05) is 12.4 Å². The fourth-order valence-corrected chi connectivity index (χ4v) is 1.91. The first-order valence-corrected chi connectivity index (χ1v) is 5.84. The van der Waals surface area contributed by atoms with Gasteiger partial charge in [-0.15, -0.1) is 0 Å². The molecule has 0 saturated carbocycles. The second-order valence-electron chi connectivity index (χ2n) is 3.56. The molecule has 1 unspecified atom stereocenters. The summed E-state index contributed by atoms with van der Waals surface area (Å²) in [7, 11) is 0. The van der Waals surface area contributed by atoms with Crippen molar-refractivity contribution in [1.29, 1.82) is 0 Å². The quantitative estimate of drug-likeness (QED) is 0.588. The number of thioether (sulfide) groups is 1. The summed E-state index contributed by atoms with van der Waals surface area (Å²) >= 11 is 1.48. The van der Waals surface area contributed by atoms with E-state index in [1.807, 2.05) is 20.8 Å². The Labute approximate surface area is 94.3 Å².